The molecular weight excluding hydrogens is 248 g/mol. The quantitative estimate of drug-likeness (QED) is 0.789. The van der Waals surface area contributed by atoms with Crippen molar-refractivity contribution in [2.45, 2.75) is 72.1 Å². The van der Waals surface area contributed by atoms with E-state index in [1.165, 1.54) is 32.1 Å². The fraction of sp³-hybridized carbons (Fsp3) is 0.944. The summed E-state index contributed by atoms with van der Waals surface area (Å²) in [5, 5.41) is 9.59. The lowest BCUT2D eigenvalue weighted by atomic mass is 9.62. The zero-order valence-corrected chi connectivity index (χ0v) is 13.5. The smallest absolute Gasteiger partial charge is 0.306 e. The van der Waals surface area contributed by atoms with Crippen LogP contribution in [0.15, 0.2) is 0 Å². The van der Waals surface area contributed by atoms with Gasteiger partial charge in [0.2, 0.25) is 0 Å². The van der Waals surface area contributed by atoms with Gasteiger partial charge in [0, 0.05) is 0 Å². The monoisotopic (exact) mass is 280 g/mol. The van der Waals surface area contributed by atoms with E-state index in [9.17, 15) is 9.90 Å². The summed E-state index contributed by atoms with van der Waals surface area (Å²) >= 11 is 0. The van der Waals surface area contributed by atoms with Crippen molar-refractivity contribution < 1.29 is 9.90 Å². The van der Waals surface area contributed by atoms with E-state index in [-0.39, 0.29) is 5.92 Å². The Balaban J connectivity index is 2.08. The average Bonchev–Trinajstić information content (AvgIpc) is 2.46. The second kappa shape index (κ2) is 6.95. The van der Waals surface area contributed by atoms with Crippen molar-refractivity contribution >= 4 is 5.97 Å². The molecule has 5 atom stereocenters. The van der Waals surface area contributed by atoms with E-state index in [1.54, 1.807) is 0 Å². The summed E-state index contributed by atoms with van der Waals surface area (Å²) in [4.78, 5) is 11.6. The molecule has 0 radical (unpaired) electrons. The van der Waals surface area contributed by atoms with Crippen LogP contribution in [0.1, 0.15) is 72.1 Å². The lowest BCUT2D eigenvalue weighted by Gasteiger charge is -2.43. The van der Waals surface area contributed by atoms with E-state index in [0.29, 0.717) is 17.8 Å². The molecule has 0 spiro atoms. The number of carboxylic acid groups (broad SMARTS) is 1. The fourth-order valence-electron chi connectivity index (χ4n) is 4.76. The maximum absolute atomic E-state index is 11.6. The van der Waals surface area contributed by atoms with Crippen molar-refractivity contribution in [2.75, 3.05) is 0 Å². The van der Waals surface area contributed by atoms with Crippen molar-refractivity contribution in [3.05, 3.63) is 0 Å². The van der Waals surface area contributed by atoms with Crippen LogP contribution in [-0.2, 0) is 4.79 Å². The third-order valence-corrected chi connectivity index (χ3v) is 6.21. The van der Waals surface area contributed by atoms with E-state index in [0.717, 1.165) is 31.1 Å². The van der Waals surface area contributed by atoms with Crippen LogP contribution < -0.4 is 0 Å². The van der Waals surface area contributed by atoms with Crippen LogP contribution in [0.5, 0.6) is 0 Å². The van der Waals surface area contributed by atoms with Crippen LogP contribution in [0.4, 0.5) is 0 Å². The molecule has 2 aliphatic rings. The molecule has 2 saturated carbocycles. The van der Waals surface area contributed by atoms with Crippen LogP contribution in [0.25, 0.3) is 0 Å². The minimum Gasteiger partial charge on any atom is -0.481 e. The minimum atomic E-state index is -0.532. The number of carboxylic acids is 1. The van der Waals surface area contributed by atoms with Gasteiger partial charge in [-0.3, -0.25) is 4.79 Å². The molecule has 5 unspecified atom stereocenters. The molecule has 1 N–H and O–H groups in total. The zero-order valence-electron chi connectivity index (χ0n) is 13.5. The largest absolute Gasteiger partial charge is 0.481 e. The van der Waals surface area contributed by atoms with E-state index >= 15 is 0 Å². The Labute approximate surface area is 124 Å². The van der Waals surface area contributed by atoms with E-state index in [4.69, 9.17) is 0 Å². The van der Waals surface area contributed by atoms with Crippen LogP contribution in [0.2, 0.25) is 0 Å². The Morgan fingerprint density at radius 2 is 1.90 bits per heavy atom. The highest BCUT2D eigenvalue weighted by molar-refractivity contribution is 5.70. The number of hydrogen-bond donors (Lipinski definition) is 1. The van der Waals surface area contributed by atoms with Crippen molar-refractivity contribution in [1.82, 2.24) is 0 Å². The van der Waals surface area contributed by atoms with Crippen LogP contribution in [-0.4, -0.2) is 11.1 Å². The molecule has 0 aromatic heterocycles. The lowest BCUT2D eigenvalue weighted by Crippen LogP contribution is -2.38. The zero-order chi connectivity index (χ0) is 14.7. The molecule has 20 heavy (non-hydrogen) atoms. The average molecular weight is 280 g/mol. The van der Waals surface area contributed by atoms with E-state index in [2.05, 4.69) is 20.8 Å². The molecule has 2 aliphatic carbocycles. The highest BCUT2D eigenvalue weighted by Gasteiger charge is 2.41. The van der Waals surface area contributed by atoms with Gasteiger partial charge in [0.25, 0.3) is 0 Å². The molecular formula is C18H32O2. The lowest BCUT2D eigenvalue weighted by molar-refractivity contribution is -0.147. The summed E-state index contributed by atoms with van der Waals surface area (Å²) in [5.74, 6) is 2.83. The van der Waals surface area contributed by atoms with Gasteiger partial charge in [-0.1, -0.05) is 46.5 Å². The summed E-state index contributed by atoms with van der Waals surface area (Å²) in [5.41, 5.74) is 0. The predicted molar refractivity (Wildman–Crippen MR) is 82.5 cm³/mol. The first kappa shape index (κ1) is 15.9. The van der Waals surface area contributed by atoms with Crippen molar-refractivity contribution in [3.8, 4) is 0 Å². The summed E-state index contributed by atoms with van der Waals surface area (Å²) in [6.45, 7) is 6.90. The molecule has 0 heterocycles. The van der Waals surface area contributed by atoms with Gasteiger partial charge >= 0.3 is 5.97 Å². The molecule has 0 aromatic rings. The van der Waals surface area contributed by atoms with Crippen molar-refractivity contribution in [3.63, 3.8) is 0 Å². The first-order chi connectivity index (χ1) is 9.52. The maximum Gasteiger partial charge on any atom is 0.306 e. The van der Waals surface area contributed by atoms with Gasteiger partial charge in [-0.2, -0.15) is 0 Å². The Kier molecular flexibility index (Phi) is 5.51. The molecule has 0 aliphatic heterocycles. The molecule has 2 fully saturated rings. The number of aliphatic carboxylic acids is 1. The Hall–Kier alpha value is -0.530. The summed E-state index contributed by atoms with van der Waals surface area (Å²) in [7, 11) is 0. The third-order valence-electron chi connectivity index (χ3n) is 6.21. The van der Waals surface area contributed by atoms with E-state index < -0.39 is 5.97 Å². The molecule has 0 amide bonds. The molecule has 116 valence electrons. The minimum absolute atomic E-state index is 0.0643. The maximum atomic E-state index is 11.6. The highest BCUT2D eigenvalue weighted by atomic mass is 16.4. The number of rotatable bonds is 4. The van der Waals surface area contributed by atoms with E-state index in [1.807, 2.05) is 0 Å². The van der Waals surface area contributed by atoms with Crippen LogP contribution in [0, 0.1) is 35.5 Å². The van der Waals surface area contributed by atoms with Crippen LogP contribution >= 0.6 is 0 Å². The predicted octanol–water partition coefficient (Wildman–Crippen LogP) is 4.98. The van der Waals surface area contributed by atoms with Gasteiger partial charge in [0.05, 0.1) is 5.92 Å². The Morgan fingerprint density at radius 1 is 1.15 bits per heavy atom. The SMILES string of the molecule is CCC1CCCC(C2CC(C(C)C)CCC2C(=O)O)C1. The molecule has 2 rings (SSSR count). The van der Waals surface area contributed by atoms with Crippen molar-refractivity contribution in [2.24, 2.45) is 35.5 Å². The standard InChI is InChI=1S/C18H32O2/c1-4-13-6-5-7-15(10-13)17-11-14(12(2)3)8-9-16(17)18(19)20/h12-17H,4-11H2,1-3H3,(H,19,20). The summed E-state index contributed by atoms with van der Waals surface area (Å²) in [6.07, 6.45) is 9.71. The Morgan fingerprint density at radius 3 is 2.50 bits per heavy atom. The topological polar surface area (TPSA) is 37.3 Å². The normalized spacial score (nSPS) is 38.9. The second-order valence-electron chi connectivity index (χ2n) is 7.63. The highest BCUT2D eigenvalue weighted by Crippen LogP contribution is 2.46. The summed E-state index contributed by atoms with van der Waals surface area (Å²) in [6, 6.07) is 0. The Bertz CT molecular complexity index is 323. The molecule has 2 nitrogen and oxygen atoms in total. The second-order valence-corrected chi connectivity index (χ2v) is 7.63. The first-order valence-corrected chi connectivity index (χ1v) is 8.75. The van der Waals surface area contributed by atoms with Gasteiger partial charge < -0.3 is 5.11 Å². The van der Waals surface area contributed by atoms with Gasteiger partial charge in [0.15, 0.2) is 0 Å². The molecule has 0 bridgehead atoms. The van der Waals surface area contributed by atoms with Gasteiger partial charge in [-0.25, -0.2) is 0 Å². The molecule has 2 heteroatoms. The number of carbonyl (C=O) groups is 1. The summed E-state index contributed by atoms with van der Waals surface area (Å²) < 4.78 is 0. The van der Waals surface area contributed by atoms with Crippen molar-refractivity contribution in [1.29, 1.82) is 0 Å². The molecule has 0 aromatic carbocycles. The van der Waals surface area contributed by atoms with Gasteiger partial charge in [-0.05, 0) is 55.3 Å². The van der Waals surface area contributed by atoms with Gasteiger partial charge in [-0.15, -0.1) is 0 Å². The number of hydrogen-bond acceptors (Lipinski definition) is 1. The third kappa shape index (κ3) is 3.56. The molecule has 0 saturated heterocycles. The van der Waals surface area contributed by atoms with Gasteiger partial charge in [0.1, 0.15) is 0 Å². The van der Waals surface area contributed by atoms with Crippen LogP contribution in [0.3, 0.4) is 0 Å². The first-order valence-electron chi connectivity index (χ1n) is 8.75. The fourth-order valence-corrected chi connectivity index (χ4v) is 4.76.